The highest BCUT2D eigenvalue weighted by Gasteiger charge is 2.36. The van der Waals surface area contributed by atoms with E-state index in [2.05, 4.69) is 249 Å². The first-order chi connectivity index (χ1) is 35.9. The monoisotopic (exact) mass is 967 g/mol. The molecule has 11 aromatic carbocycles. The first-order valence-electron chi connectivity index (χ1n) is 25.0. The van der Waals surface area contributed by atoms with Crippen molar-refractivity contribution in [2.75, 3.05) is 4.90 Å². The average molecular weight is 968 g/mol. The lowest BCUT2D eigenvalue weighted by Gasteiger charge is -2.26. The Hall–Kier alpha value is -8.54. The Bertz CT molecular complexity index is 4510. The van der Waals surface area contributed by atoms with Crippen molar-refractivity contribution in [1.29, 1.82) is 0 Å². The zero-order valence-corrected chi connectivity index (χ0v) is 41.8. The van der Waals surface area contributed by atoms with E-state index in [4.69, 9.17) is 4.42 Å². The van der Waals surface area contributed by atoms with Gasteiger partial charge in [0.05, 0.1) is 0 Å². The summed E-state index contributed by atoms with van der Waals surface area (Å²) in [5, 5.41) is 7.58. The summed E-state index contributed by atoms with van der Waals surface area (Å²) >= 11 is 3.74. The number of rotatable bonds is 7. The Morgan fingerprint density at radius 1 is 0.342 bits per heavy atom. The van der Waals surface area contributed by atoms with Crippen LogP contribution in [0.4, 0.5) is 17.1 Å². The SMILES string of the molecule is CC1(C)c2ccc(-c3ccc(N(c4ccc(-c5cccc6c5sc5ccccc56)cc4)c4ccc(-c5cccc6sc7ccccc7c56)cc4)cc3)cc2-c2ccc(-c3cccc4c3oc3ccccc34)cc21. The van der Waals surface area contributed by atoms with Gasteiger partial charge in [-0.25, -0.2) is 0 Å². The number of hydrogen-bond acceptors (Lipinski definition) is 4. The van der Waals surface area contributed by atoms with Crippen LogP contribution in [-0.2, 0) is 5.41 Å². The van der Waals surface area contributed by atoms with Crippen LogP contribution >= 0.6 is 22.7 Å². The first kappa shape index (κ1) is 42.2. The van der Waals surface area contributed by atoms with E-state index in [0.717, 1.165) is 44.6 Å². The van der Waals surface area contributed by atoms with Crippen LogP contribution in [0, 0.1) is 0 Å². The van der Waals surface area contributed by atoms with Crippen molar-refractivity contribution in [3.63, 3.8) is 0 Å². The number of furan rings is 1. The minimum atomic E-state index is -0.162. The highest BCUT2D eigenvalue weighted by atomic mass is 32.1. The summed E-state index contributed by atoms with van der Waals surface area (Å²) in [6.45, 7) is 4.72. The number of fused-ring (bicyclic) bond motifs is 12. The number of nitrogens with zero attached hydrogens (tertiary/aromatic N) is 1. The van der Waals surface area contributed by atoms with Gasteiger partial charge in [0, 0.05) is 79.2 Å². The van der Waals surface area contributed by atoms with Gasteiger partial charge in [-0.05, 0) is 134 Å². The Morgan fingerprint density at radius 3 is 1.64 bits per heavy atom. The summed E-state index contributed by atoms with van der Waals surface area (Å²) in [6, 6.07) is 87.3. The van der Waals surface area contributed by atoms with Crippen LogP contribution in [0.15, 0.2) is 241 Å². The summed E-state index contributed by atoms with van der Waals surface area (Å²) in [5.41, 5.74) is 19.9. The van der Waals surface area contributed by atoms with Crippen LogP contribution < -0.4 is 4.90 Å². The van der Waals surface area contributed by atoms with E-state index in [9.17, 15) is 0 Å². The molecule has 0 saturated carbocycles. The van der Waals surface area contributed by atoms with E-state index in [-0.39, 0.29) is 5.41 Å². The summed E-state index contributed by atoms with van der Waals surface area (Å²) < 4.78 is 11.8. The lowest BCUT2D eigenvalue weighted by molar-refractivity contribution is 0.660. The van der Waals surface area contributed by atoms with Crippen LogP contribution in [0.25, 0.3) is 118 Å². The van der Waals surface area contributed by atoms with Gasteiger partial charge in [0.1, 0.15) is 11.2 Å². The van der Waals surface area contributed by atoms with Crippen LogP contribution in [0.1, 0.15) is 25.0 Å². The molecule has 14 aromatic rings. The number of hydrogen-bond donors (Lipinski definition) is 0. The van der Waals surface area contributed by atoms with E-state index in [1.54, 1.807) is 0 Å². The second-order valence-electron chi connectivity index (χ2n) is 20.0. The molecule has 73 heavy (non-hydrogen) atoms. The number of para-hydroxylation sites is 2. The second kappa shape index (κ2) is 16.2. The lowest BCUT2D eigenvalue weighted by Crippen LogP contribution is -2.15. The third-order valence-corrected chi connectivity index (χ3v) is 17.9. The topological polar surface area (TPSA) is 16.4 Å². The molecule has 1 aliphatic carbocycles. The molecule has 1 aliphatic rings. The Kier molecular flexibility index (Phi) is 9.38. The minimum Gasteiger partial charge on any atom is -0.455 e. The smallest absolute Gasteiger partial charge is 0.143 e. The largest absolute Gasteiger partial charge is 0.455 e. The highest BCUT2D eigenvalue weighted by Crippen LogP contribution is 2.52. The predicted molar refractivity (Wildman–Crippen MR) is 313 cm³/mol. The van der Waals surface area contributed by atoms with Gasteiger partial charge in [-0.2, -0.15) is 0 Å². The van der Waals surface area contributed by atoms with E-state index >= 15 is 0 Å². The van der Waals surface area contributed by atoms with Crippen molar-refractivity contribution in [2.45, 2.75) is 19.3 Å². The van der Waals surface area contributed by atoms with Crippen LogP contribution in [0.3, 0.4) is 0 Å². The molecule has 3 heterocycles. The molecular formula is C69H45NOS2. The van der Waals surface area contributed by atoms with E-state index in [1.165, 1.54) is 102 Å². The maximum atomic E-state index is 6.49. The molecule has 0 bridgehead atoms. The maximum absolute atomic E-state index is 6.49. The molecule has 3 aromatic heterocycles. The summed E-state index contributed by atoms with van der Waals surface area (Å²) in [5.74, 6) is 0. The first-order valence-corrected chi connectivity index (χ1v) is 26.7. The van der Waals surface area contributed by atoms with E-state index in [0.29, 0.717) is 0 Å². The third kappa shape index (κ3) is 6.61. The summed E-state index contributed by atoms with van der Waals surface area (Å²) in [6.07, 6.45) is 0. The van der Waals surface area contributed by atoms with Crippen molar-refractivity contribution < 1.29 is 4.42 Å². The van der Waals surface area contributed by atoms with Gasteiger partial charge < -0.3 is 9.32 Å². The van der Waals surface area contributed by atoms with Crippen LogP contribution in [-0.4, -0.2) is 0 Å². The molecule has 0 amide bonds. The lowest BCUT2D eigenvalue weighted by atomic mass is 9.81. The Morgan fingerprint density at radius 2 is 0.890 bits per heavy atom. The van der Waals surface area contributed by atoms with Crippen LogP contribution in [0.2, 0.25) is 0 Å². The molecule has 0 fully saturated rings. The maximum Gasteiger partial charge on any atom is 0.143 e. The quantitative estimate of drug-likeness (QED) is 0.158. The van der Waals surface area contributed by atoms with Gasteiger partial charge in [0.25, 0.3) is 0 Å². The average Bonchev–Trinajstić information content (AvgIpc) is 4.21. The molecular weight excluding hydrogens is 923 g/mol. The molecule has 0 spiro atoms. The Balaban J connectivity index is 0.795. The van der Waals surface area contributed by atoms with E-state index in [1.807, 2.05) is 28.7 Å². The molecule has 2 nitrogen and oxygen atoms in total. The molecule has 4 heteroatoms. The number of anilines is 3. The van der Waals surface area contributed by atoms with Gasteiger partial charge in [0.2, 0.25) is 0 Å². The molecule has 0 aliphatic heterocycles. The molecule has 344 valence electrons. The zero-order valence-electron chi connectivity index (χ0n) is 40.2. The van der Waals surface area contributed by atoms with Crippen molar-refractivity contribution in [2.24, 2.45) is 0 Å². The van der Waals surface area contributed by atoms with Gasteiger partial charge in [-0.1, -0.05) is 178 Å². The normalized spacial score (nSPS) is 12.9. The van der Waals surface area contributed by atoms with E-state index < -0.39 is 0 Å². The van der Waals surface area contributed by atoms with Gasteiger partial charge >= 0.3 is 0 Å². The molecule has 0 unspecified atom stereocenters. The molecule has 0 radical (unpaired) electrons. The van der Waals surface area contributed by atoms with Crippen molar-refractivity contribution >= 4 is 102 Å². The molecule has 15 rings (SSSR count). The fourth-order valence-corrected chi connectivity index (χ4v) is 14.3. The molecule has 0 N–H and O–H groups in total. The van der Waals surface area contributed by atoms with Crippen molar-refractivity contribution in [3.8, 4) is 55.6 Å². The van der Waals surface area contributed by atoms with Gasteiger partial charge in [0.15, 0.2) is 0 Å². The van der Waals surface area contributed by atoms with Gasteiger partial charge in [-0.15, -0.1) is 22.7 Å². The minimum absolute atomic E-state index is 0.162. The third-order valence-electron chi connectivity index (χ3n) is 15.5. The number of thiophene rings is 2. The highest BCUT2D eigenvalue weighted by molar-refractivity contribution is 7.26. The standard InChI is InChI=1S/C69H45NOS2/c1-69(2)60-39-31-45(40-59(60)53-38-30-46(41-61(53)69)51-16-9-18-56-54-12-3-6-20-62(54)71-67(51)56)42-24-32-47(33-25-42)70(48-34-26-43(27-35-48)50-15-11-23-65-66(50)58-14-5-8-22-64(58)72-65)49-36-28-44(29-37-49)52-17-10-19-57-55-13-4-7-21-63(55)73-68(52)57/h3-41H,1-2H3. The summed E-state index contributed by atoms with van der Waals surface area (Å²) in [7, 11) is 0. The summed E-state index contributed by atoms with van der Waals surface area (Å²) in [4.78, 5) is 2.39. The van der Waals surface area contributed by atoms with Crippen molar-refractivity contribution in [1.82, 2.24) is 0 Å². The van der Waals surface area contributed by atoms with Crippen LogP contribution in [0.5, 0.6) is 0 Å². The van der Waals surface area contributed by atoms with Gasteiger partial charge in [-0.3, -0.25) is 0 Å². The second-order valence-corrected chi connectivity index (χ2v) is 22.1. The molecule has 0 atom stereocenters. The number of benzene rings is 11. The molecule has 0 saturated heterocycles. The fraction of sp³-hybridized carbons (Fsp3) is 0.0435. The Labute approximate surface area is 431 Å². The fourth-order valence-electron chi connectivity index (χ4n) is 11.9. The predicted octanol–water partition coefficient (Wildman–Crippen LogP) is 20.8. The van der Waals surface area contributed by atoms with Crippen molar-refractivity contribution in [3.05, 3.63) is 248 Å². The zero-order chi connectivity index (χ0) is 48.4.